The van der Waals surface area contributed by atoms with Gasteiger partial charge >= 0.3 is 6.03 Å². The third-order valence-electron chi connectivity index (χ3n) is 2.67. The Morgan fingerprint density at radius 1 is 1.25 bits per heavy atom. The topological polar surface area (TPSA) is 137 Å². The molecule has 0 bridgehead atoms. The van der Waals surface area contributed by atoms with Crippen LogP contribution in [0.4, 0.5) is 21.9 Å². The van der Waals surface area contributed by atoms with E-state index in [4.69, 9.17) is 10.4 Å². The molecule has 2 amide bonds. The van der Waals surface area contributed by atoms with E-state index in [-0.39, 0.29) is 23.1 Å². The second-order valence-electron chi connectivity index (χ2n) is 4.32. The van der Waals surface area contributed by atoms with Crippen molar-refractivity contribution in [1.29, 1.82) is 0 Å². The minimum absolute atomic E-state index is 0.0448. The first-order chi connectivity index (χ1) is 9.33. The lowest BCUT2D eigenvalue weighted by atomic mass is 10.2. The van der Waals surface area contributed by atoms with Crippen LogP contribution in [0.5, 0.6) is 0 Å². The van der Waals surface area contributed by atoms with Crippen LogP contribution in [0.1, 0.15) is 20.3 Å². The van der Waals surface area contributed by atoms with Crippen LogP contribution in [-0.2, 0) is 0 Å². The summed E-state index contributed by atoms with van der Waals surface area (Å²) in [7, 11) is 0. The van der Waals surface area contributed by atoms with Gasteiger partial charge in [0.05, 0.1) is 11.8 Å². The van der Waals surface area contributed by atoms with Gasteiger partial charge < -0.3 is 21.0 Å². The van der Waals surface area contributed by atoms with Crippen molar-refractivity contribution in [3.63, 3.8) is 0 Å². The van der Waals surface area contributed by atoms with Gasteiger partial charge in [-0.15, -0.1) is 0 Å². The van der Waals surface area contributed by atoms with E-state index in [0.717, 1.165) is 12.5 Å². The van der Waals surface area contributed by atoms with Crippen molar-refractivity contribution in [3.8, 4) is 0 Å². The summed E-state index contributed by atoms with van der Waals surface area (Å²) < 4.78 is 0. The Morgan fingerprint density at radius 3 is 2.15 bits per heavy atom. The Morgan fingerprint density at radius 2 is 1.75 bits per heavy atom. The van der Waals surface area contributed by atoms with Gasteiger partial charge in [-0.1, -0.05) is 6.92 Å². The summed E-state index contributed by atoms with van der Waals surface area (Å²) in [6.45, 7) is 3.72. The zero-order chi connectivity index (χ0) is 15.3. The lowest BCUT2D eigenvalue weighted by molar-refractivity contribution is -0.996. The molecule has 112 valence electrons. The first-order valence-corrected chi connectivity index (χ1v) is 6.02. The van der Waals surface area contributed by atoms with Crippen LogP contribution in [0.3, 0.4) is 0 Å². The van der Waals surface area contributed by atoms with E-state index in [9.17, 15) is 15.2 Å². The molecule has 0 aromatic heterocycles. The number of nitrogens with one attached hydrogen (secondary N) is 4. The summed E-state index contributed by atoms with van der Waals surface area (Å²) in [6, 6.07) is 2.87. The Kier molecular flexibility index (Phi) is 5.82. The molecule has 0 radical (unpaired) electrons. The highest BCUT2D eigenvalue weighted by atomic mass is 16.8. The smallest absolute Gasteiger partial charge is 0.319 e. The number of hydrogen-bond donors (Lipinski definition) is 6. The molecule has 9 nitrogen and oxygen atoms in total. The molecule has 1 aromatic carbocycles. The van der Waals surface area contributed by atoms with E-state index in [2.05, 4.69) is 10.6 Å². The molecule has 0 fully saturated rings. The van der Waals surface area contributed by atoms with Crippen LogP contribution in [0, 0.1) is 10.4 Å². The molecule has 0 aliphatic carbocycles. The Labute approximate surface area is 115 Å². The van der Waals surface area contributed by atoms with Crippen LogP contribution in [0.2, 0.25) is 0 Å². The van der Waals surface area contributed by atoms with Gasteiger partial charge in [0.2, 0.25) is 0 Å². The normalized spacial score (nSPS) is 15.3. The molecule has 0 saturated heterocycles. The van der Waals surface area contributed by atoms with Crippen LogP contribution < -0.4 is 21.1 Å². The average molecular weight is 286 g/mol. The standard InChI is InChI=1S/C11H18N4O5/c1-3-7(2)12-11(16)13-8-4-9(14(17)18)6-10(5-8)15(19)20/h4-7,14-15,17,19H,3H2,1-2H3,(H2,12,13,16). The molecule has 20 heavy (non-hydrogen) atoms. The number of anilines is 1. The highest BCUT2D eigenvalue weighted by Crippen LogP contribution is 2.17. The van der Waals surface area contributed by atoms with Crippen molar-refractivity contribution < 1.29 is 25.7 Å². The highest BCUT2D eigenvalue weighted by Gasteiger charge is 2.13. The molecule has 0 heterocycles. The van der Waals surface area contributed by atoms with Crippen molar-refractivity contribution in [2.45, 2.75) is 26.3 Å². The van der Waals surface area contributed by atoms with Gasteiger partial charge in [-0.2, -0.15) is 10.5 Å². The molecule has 0 spiro atoms. The van der Waals surface area contributed by atoms with E-state index in [1.807, 2.05) is 13.8 Å². The fourth-order valence-electron chi connectivity index (χ4n) is 1.44. The summed E-state index contributed by atoms with van der Waals surface area (Å²) in [5.41, 5.74) is -0.296. The van der Waals surface area contributed by atoms with Gasteiger partial charge in [-0.3, -0.25) is 0 Å². The van der Waals surface area contributed by atoms with E-state index in [1.54, 1.807) is 0 Å². The minimum atomic E-state index is -1.27. The average Bonchev–Trinajstić information content (AvgIpc) is 2.37. The van der Waals surface area contributed by atoms with Crippen LogP contribution >= 0.6 is 0 Å². The summed E-state index contributed by atoms with van der Waals surface area (Å²) in [6.07, 6.45) is 0.739. The molecule has 0 saturated carbocycles. The number of urea groups is 1. The molecule has 1 rings (SSSR count). The van der Waals surface area contributed by atoms with Crippen molar-refractivity contribution in [3.05, 3.63) is 28.6 Å². The van der Waals surface area contributed by atoms with E-state index >= 15 is 0 Å². The third-order valence-corrected chi connectivity index (χ3v) is 2.67. The number of carbonyl (C=O) groups is 1. The van der Waals surface area contributed by atoms with Crippen molar-refractivity contribution in [2.24, 2.45) is 0 Å². The zero-order valence-electron chi connectivity index (χ0n) is 11.1. The molecule has 6 N–H and O–H groups in total. The van der Waals surface area contributed by atoms with E-state index in [1.165, 1.54) is 12.1 Å². The fraction of sp³-hybridized carbons (Fsp3) is 0.364. The van der Waals surface area contributed by atoms with Gasteiger partial charge in [-0.25, -0.2) is 15.2 Å². The van der Waals surface area contributed by atoms with Crippen molar-refractivity contribution in [1.82, 2.24) is 5.32 Å². The Bertz CT molecular complexity index is 440. The van der Waals surface area contributed by atoms with Gasteiger partial charge in [0.15, 0.2) is 11.4 Å². The van der Waals surface area contributed by atoms with Gasteiger partial charge in [0.25, 0.3) is 0 Å². The molecule has 3 atom stereocenters. The van der Waals surface area contributed by atoms with Crippen molar-refractivity contribution >= 4 is 23.1 Å². The first-order valence-electron chi connectivity index (χ1n) is 6.02. The lowest BCUT2D eigenvalue weighted by Gasteiger charge is -2.18. The fourth-order valence-corrected chi connectivity index (χ4v) is 1.44. The minimum Gasteiger partial charge on any atom is -0.595 e. The summed E-state index contributed by atoms with van der Waals surface area (Å²) in [4.78, 5) is 11.6. The quantitative estimate of drug-likeness (QED) is 0.402. The van der Waals surface area contributed by atoms with E-state index < -0.39 is 16.5 Å². The highest BCUT2D eigenvalue weighted by molar-refractivity contribution is 5.90. The molecule has 0 aliphatic rings. The second kappa shape index (κ2) is 7.14. The molecule has 3 unspecified atom stereocenters. The number of hydrogen-bond acceptors (Lipinski definition) is 5. The number of benzene rings is 1. The summed E-state index contributed by atoms with van der Waals surface area (Å²) in [5.74, 6) is 0. The Hall–Kier alpha value is -1.75. The molecule has 0 aliphatic heterocycles. The molecule has 1 aromatic rings. The summed E-state index contributed by atoms with van der Waals surface area (Å²) in [5, 5.41) is 42.2. The van der Waals surface area contributed by atoms with Crippen LogP contribution in [-0.4, -0.2) is 22.5 Å². The predicted octanol–water partition coefficient (Wildman–Crippen LogP) is -0.587. The number of quaternary nitrogens is 2. The van der Waals surface area contributed by atoms with Crippen LogP contribution in [0.15, 0.2) is 18.2 Å². The number of amides is 2. The molecular weight excluding hydrogens is 268 g/mol. The maximum Gasteiger partial charge on any atom is 0.319 e. The monoisotopic (exact) mass is 286 g/mol. The predicted molar refractivity (Wildman–Crippen MR) is 69.9 cm³/mol. The lowest BCUT2D eigenvalue weighted by Crippen LogP contribution is -3.00. The second-order valence-corrected chi connectivity index (χ2v) is 4.32. The summed E-state index contributed by atoms with van der Waals surface area (Å²) >= 11 is 0. The Balaban J connectivity index is 2.91. The number of rotatable bonds is 5. The zero-order valence-corrected chi connectivity index (χ0v) is 11.1. The maximum atomic E-state index is 11.6. The van der Waals surface area contributed by atoms with E-state index in [0.29, 0.717) is 0 Å². The molecule has 9 heteroatoms. The SMILES string of the molecule is CCC(C)NC(=O)Nc1cc([NH+]([O-])O)cc([NH+]([O-])O)c1. The first kappa shape index (κ1) is 16.3. The van der Waals surface area contributed by atoms with Gasteiger partial charge in [0.1, 0.15) is 0 Å². The van der Waals surface area contributed by atoms with Crippen LogP contribution in [0.25, 0.3) is 0 Å². The van der Waals surface area contributed by atoms with Gasteiger partial charge in [-0.05, 0) is 13.3 Å². The van der Waals surface area contributed by atoms with Crippen molar-refractivity contribution in [2.75, 3.05) is 5.32 Å². The number of carbonyl (C=O) groups excluding carboxylic acids is 1. The largest absolute Gasteiger partial charge is 0.595 e. The third kappa shape index (κ3) is 4.74. The maximum absolute atomic E-state index is 11.6. The van der Waals surface area contributed by atoms with Gasteiger partial charge in [0, 0.05) is 18.2 Å². The molecular formula is C11H18N4O5.